The van der Waals surface area contributed by atoms with Gasteiger partial charge < -0.3 is 41.3 Å². The number of hydrogen-bond donors (Lipinski definition) is 8. The van der Waals surface area contributed by atoms with Crippen LogP contribution in [0.25, 0.3) is 12.2 Å². The molecule has 2 aromatic rings. The number of aliphatic hydroxyl groups excluding tert-OH is 4. The molecule has 0 saturated heterocycles. The molecule has 12 heteroatoms. The highest BCUT2D eigenvalue weighted by atomic mass is 16.4. The molecule has 0 aromatic carbocycles. The second kappa shape index (κ2) is 21.3. The number of aromatic nitrogens is 2. The molecule has 0 bridgehead atoms. The van der Waals surface area contributed by atoms with Crippen molar-refractivity contribution in [3.05, 3.63) is 72.3 Å². The van der Waals surface area contributed by atoms with E-state index in [4.69, 9.17) is 30.6 Å². The van der Waals surface area contributed by atoms with Crippen LogP contribution in [0.2, 0.25) is 0 Å². The van der Waals surface area contributed by atoms with E-state index in [0.29, 0.717) is 12.1 Å². The van der Waals surface area contributed by atoms with Crippen molar-refractivity contribution in [2.24, 2.45) is 0 Å². The Bertz CT molecular complexity index is 926. The maximum absolute atomic E-state index is 10.1. The van der Waals surface area contributed by atoms with Crippen LogP contribution in [0.15, 0.2) is 61.2 Å². The number of carbonyl (C=O) groups is 2. The molecule has 2 aromatic heterocycles. The van der Waals surface area contributed by atoms with E-state index in [9.17, 15) is 9.59 Å². The summed E-state index contributed by atoms with van der Waals surface area (Å²) in [5.74, 6) is -3.68. The molecule has 0 radical (unpaired) electrons. The summed E-state index contributed by atoms with van der Waals surface area (Å²) in [6.07, 6.45) is 8.63. The summed E-state index contributed by atoms with van der Waals surface area (Å²) in [7, 11) is 3.95. The van der Waals surface area contributed by atoms with Gasteiger partial charge in [-0.25, -0.2) is 9.59 Å². The third-order valence-corrected chi connectivity index (χ3v) is 5.46. The van der Waals surface area contributed by atoms with Gasteiger partial charge in [-0.2, -0.15) is 0 Å². The van der Waals surface area contributed by atoms with Gasteiger partial charge >= 0.3 is 11.9 Å². The number of aliphatic carboxylic acids is 2. The SMILES string of the molecule is CNC(C)C/C=C/c1cccnc1.CNC(C)C/C=C/c1cccnc1.O=C(O)[C@@H](O)[C@H](O)[C@H](O)[C@@H](O)C(=O)O. The highest BCUT2D eigenvalue weighted by molar-refractivity contribution is 5.75. The molecule has 0 amide bonds. The number of pyridine rings is 2. The van der Waals surface area contributed by atoms with Gasteiger partial charge in [-0.05, 0) is 64.0 Å². The standard InChI is InChI=1S/2C11H16N2.C6H10O8/c2*1-10(12-2)5-3-6-11-7-4-8-13-9-11;7-1(3(9)5(11)12)2(8)4(10)6(13)14/h2*3-4,6-10,12H,5H2,1-2H3;1-4,7-10H,(H,11,12)(H,13,14)/b2*6-3+;/t;;1-,2+,3+,4-. The van der Waals surface area contributed by atoms with Crippen molar-refractivity contribution in [3.63, 3.8) is 0 Å². The molecule has 0 aliphatic rings. The van der Waals surface area contributed by atoms with E-state index in [2.05, 4.69) is 58.8 Å². The lowest BCUT2D eigenvalue weighted by Gasteiger charge is -2.21. The lowest BCUT2D eigenvalue weighted by Crippen LogP contribution is -2.49. The molecule has 2 unspecified atom stereocenters. The average Bonchev–Trinajstić information content (AvgIpc) is 2.97. The minimum absolute atomic E-state index is 0.535. The summed E-state index contributed by atoms with van der Waals surface area (Å²) in [6.45, 7) is 4.32. The van der Waals surface area contributed by atoms with Crippen molar-refractivity contribution in [2.45, 2.75) is 63.2 Å². The summed E-state index contributed by atoms with van der Waals surface area (Å²) < 4.78 is 0. The second-order valence-electron chi connectivity index (χ2n) is 8.78. The molecule has 0 aliphatic heterocycles. The maximum atomic E-state index is 10.1. The first-order valence-electron chi connectivity index (χ1n) is 12.6. The Morgan fingerprint density at radius 3 is 1.35 bits per heavy atom. The van der Waals surface area contributed by atoms with Gasteiger partial charge in [0.15, 0.2) is 12.2 Å². The van der Waals surface area contributed by atoms with Crippen molar-refractivity contribution in [3.8, 4) is 0 Å². The van der Waals surface area contributed by atoms with E-state index < -0.39 is 36.4 Å². The summed E-state index contributed by atoms with van der Waals surface area (Å²) in [6, 6.07) is 9.06. The molecule has 0 saturated carbocycles. The largest absolute Gasteiger partial charge is 0.479 e. The number of carboxylic acid groups (broad SMARTS) is 2. The van der Waals surface area contributed by atoms with Crippen LogP contribution < -0.4 is 10.6 Å². The highest BCUT2D eigenvalue weighted by Gasteiger charge is 2.37. The van der Waals surface area contributed by atoms with Gasteiger partial charge in [0.2, 0.25) is 0 Å². The molecule has 12 nitrogen and oxygen atoms in total. The lowest BCUT2D eigenvalue weighted by atomic mass is 10.0. The van der Waals surface area contributed by atoms with Crippen molar-refractivity contribution in [2.75, 3.05) is 14.1 Å². The molecule has 0 spiro atoms. The van der Waals surface area contributed by atoms with E-state index in [1.165, 1.54) is 0 Å². The Kier molecular flexibility index (Phi) is 19.4. The number of nitrogens with one attached hydrogen (secondary N) is 2. The zero-order valence-corrected chi connectivity index (χ0v) is 23.2. The Balaban J connectivity index is 0.000000571. The summed E-state index contributed by atoms with van der Waals surface area (Å²) in [4.78, 5) is 28.2. The first kappa shape index (κ1) is 36.5. The van der Waals surface area contributed by atoms with E-state index in [-0.39, 0.29) is 0 Å². The summed E-state index contributed by atoms with van der Waals surface area (Å²) in [5.41, 5.74) is 2.32. The third-order valence-electron chi connectivity index (χ3n) is 5.46. The van der Waals surface area contributed by atoms with Crippen LogP contribution in [-0.4, -0.2) is 103 Å². The monoisotopic (exact) mass is 562 g/mol. The average molecular weight is 563 g/mol. The van der Waals surface area contributed by atoms with E-state index in [1.54, 1.807) is 12.4 Å². The second-order valence-corrected chi connectivity index (χ2v) is 8.78. The van der Waals surface area contributed by atoms with Gasteiger partial charge in [-0.1, -0.05) is 36.4 Å². The fraction of sp³-hybridized carbons (Fsp3) is 0.429. The molecular weight excluding hydrogens is 520 g/mol. The van der Waals surface area contributed by atoms with Crippen molar-refractivity contribution < 1.29 is 40.2 Å². The number of hydrogen-bond acceptors (Lipinski definition) is 10. The van der Waals surface area contributed by atoms with Crippen LogP contribution in [0, 0.1) is 0 Å². The molecule has 6 atom stereocenters. The van der Waals surface area contributed by atoms with Gasteiger partial charge in [0, 0.05) is 36.9 Å². The van der Waals surface area contributed by atoms with Gasteiger partial charge in [0.1, 0.15) is 12.2 Å². The quantitative estimate of drug-likeness (QED) is 0.171. The minimum atomic E-state index is -2.36. The van der Waals surface area contributed by atoms with E-state index >= 15 is 0 Å². The topological polar surface area (TPSA) is 205 Å². The van der Waals surface area contributed by atoms with Crippen LogP contribution in [0.1, 0.15) is 37.8 Å². The zero-order valence-electron chi connectivity index (χ0n) is 23.2. The smallest absolute Gasteiger partial charge is 0.335 e. The Labute approximate surface area is 234 Å². The number of rotatable bonds is 13. The number of carboxylic acids is 2. The van der Waals surface area contributed by atoms with Crippen molar-refractivity contribution in [1.82, 2.24) is 20.6 Å². The predicted octanol–water partition coefficient (Wildman–Crippen LogP) is 0.785. The van der Waals surface area contributed by atoms with Gasteiger partial charge in [0.05, 0.1) is 0 Å². The molecule has 222 valence electrons. The molecule has 40 heavy (non-hydrogen) atoms. The fourth-order valence-corrected chi connectivity index (χ4v) is 2.67. The van der Waals surface area contributed by atoms with Crippen LogP contribution in [0.3, 0.4) is 0 Å². The molecule has 2 heterocycles. The summed E-state index contributed by atoms with van der Waals surface area (Å²) >= 11 is 0. The maximum Gasteiger partial charge on any atom is 0.335 e. The first-order chi connectivity index (χ1) is 18.9. The minimum Gasteiger partial charge on any atom is -0.479 e. The highest BCUT2D eigenvalue weighted by Crippen LogP contribution is 2.06. The number of nitrogens with zero attached hydrogens (tertiary/aromatic N) is 2. The van der Waals surface area contributed by atoms with Gasteiger partial charge in [-0.3, -0.25) is 9.97 Å². The van der Waals surface area contributed by atoms with Crippen molar-refractivity contribution in [1.29, 1.82) is 0 Å². The Morgan fingerprint density at radius 2 is 1.10 bits per heavy atom. The van der Waals surface area contributed by atoms with Gasteiger partial charge in [-0.15, -0.1) is 0 Å². The van der Waals surface area contributed by atoms with Crippen molar-refractivity contribution >= 4 is 24.1 Å². The molecule has 2 rings (SSSR count). The predicted molar refractivity (Wildman–Crippen MR) is 152 cm³/mol. The van der Waals surface area contributed by atoms with E-state index in [1.807, 2.05) is 50.8 Å². The molecule has 8 N–H and O–H groups in total. The fourth-order valence-electron chi connectivity index (χ4n) is 2.67. The van der Waals surface area contributed by atoms with Gasteiger partial charge in [0.25, 0.3) is 0 Å². The first-order valence-corrected chi connectivity index (χ1v) is 12.6. The van der Waals surface area contributed by atoms with Crippen LogP contribution >= 0.6 is 0 Å². The van der Waals surface area contributed by atoms with Crippen LogP contribution in [0.4, 0.5) is 0 Å². The molecule has 0 fully saturated rings. The Hall–Kier alpha value is -3.52. The Morgan fingerprint density at radius 1 is 0.750 bits per heavy atom. The zero-order chi connectivity index (χ0) is 30.5. The van der Waals surface area contributed by atoms with Crippen LogP contribution in [-0.2, 0) is 9.59 Å². The lowest BCUT2D eigenvalue weighted by molar-refractivity contribution is -0.172. The number of aliphatic hydroxyl groups is 4. The molecular formula is C28H42N4O8. The third kappa shape index (κ3) is 16.4. The van der Waals surface area contributed by atoms with E-state index in [0.717, 1.165) is 24.0 Å². The molecule has 0 aliphatic carbocycles. The normalized spacial score (nSPS) is 15.5. The summed E-state index contributed by atoms with van der Waals surface area (Å²) in [5, 5.41) is 57.8. The van der Waals surface area contributed by atoms with Crippen LogP contribution in [0.5, 0.6) is 0 Å².